The smallest absolute Gasteiger partial charge is 0.211 e. The summed E-state index contributed by atoms with van der Waals surface area (Å²) in [7, 11) is 0. The normalized spacial score (nSPS) is 17.4. The molecule has 0 atom stereocenters. The van der Waals surface area contributed by atoms with E-state index < -0.39 is 0 Å². The van der Waals surface area contributed by atoms with Gasteiger partial charge in [0.25, 0.3) is 0 Å². The van der Waals surface area contributed by atoms with Crippen LogP contribution in [0.15, 0.2) is 11.0 Å². The maximum absolute atomic E-state index is 11.9. The summed E-state index contributed by atoms with van der Waals surface area (Å²) < 4.78 is 5.32. The molecule has 6 heteroatoms. The van der Waals surface area contributed by atoms with Gasteiger partial charge in [0.1, 0.15) is 15.4 Å². The molecule has 0 amide bonds. The van der Waals surface area contributed by atoms with Gasteiger partial charge in [-0.25, -0.2) is 4.98 Å². The van der Waals surface area contributed by atoms with Crippen LogP contribution in [0.5, 0.6) is 0 Å². The summed E-state index contributed by atoms with van der Waals surface area (Å²) in [4.78, 5) is 22.7. The first-order chi connectivity index (χ1) is 8.74. The Labute approximate surface area is 108 Å². The highest BCUT2D eigenvalue weighted by Gasteiger charge is 2.14. The first-order valence-electron chi connectivity index (χ1n) is 6.02. The fraction of sp³-hybridized carbons (Fsp3) is 0.500. The van der Waals surface area contributed by atoms with E-state index in [-0.39, 0.29) is 5.43 Å². The van der Waals surface area contributed by atoms with Gasteiger partial charge in [0.2, 0.25) is 5.43 Å². The van der Waals surface area contributed by atoms with Crippen LogP contribution >= 0.6 is 11.3 Å². The molecule has 18 heavy (non-hydrogen) atoms. The van der Waals surface area contributed by atoms with Gasteiger partial charge in [-0.3, -0.25) is 9.69 Å². The predicted molar refractivity (Wildman–Crippen MR) is 71.1 cm³/mol. The number of H-pyrrole nitrogens is 1. The van der Waals surface area contributed by atoms with Crippen LogP contribution in [0.1, 0.15) is 10.6 Å². The average molecular weight is 265 g/mol. The Kier molecular flexibility index (Phi) is 3.15. The zero-order chi connectivity index (χ0) is 12.5. The van der Waals surface area contributed by atoms with E-state index in [0.29, 0.717) is 11.1 Å². The van der Waals surface area contributed by atoms with Crippen LogP contribution in [0, 0.1) is 6.92 Å². The Morgan fingerprint density at radius 3 is 3.06 bits per heavy atom. The van der Waals surface area contributed by atoms with Gasteiger partial charge in [-0.1, -0.05) is 11.3 Å². The number of hydrogen-bond acceptors (Lipinski definition) is 5. The molecule has 1 aliphatic rings. The molecule has 1 aliphatic heterocycles. The second-order valence-corrected chi connectivity index (χ2v) is 5.56. The number of rotatable bonds is 2. The summed E-state index contributed by atoms with van der Waals surface area (Å²) in [6.07, 6.45) is 1.75. The number of morpholine rings is 1. The van der Waals surface area contributed by atoms with Crippen molar-refractivity contribution in [2.75, 3.05) is 26.3 Å². The predicted octanol–water partition coefficient (Wildman–Crippen LogP) is 1.13. The second-order valence-electron chi connectivity index (χ2n) is 4.47. The number of nitrogens with one attached hydrogen (secondary N) is 1. The van der Waals surface area contributed by atoms with Gasteiger partial charge in [-0.15, -0.1) is 0 Å². The van der Waals surface area contributed by atoms with E-state index in [9.17, 15) is 4.79 Å². The van der Waals surface area contributed by atoms with E-state index in [0.717, 1.165) is 42.7 Å². The number of aromatic amines is 1. The van der Waals surface area contributed by atoms with Crippen molar-refractivity contribution < 1.29 is 4.74 Å². The third-order valence-corrected chi connectivity index (χ3v) is 4.10. The molecule has 0 bridgehead atoms. The fourth-order valence-electron chi connectivity index (χ4n) is 2.06. The molecule has 2 aromatic heterocycles. The molecule has 2 aromatic rings. The quantitative estimate of drug-likeness (QED) is 0.884. The largest absolute Gasteiger partial charge is 0.379 e. The summed E-state index contributed by atoms with van der Waals surface area (Å²) >= 11 is 1.56. The van der Waals surface area contributed by atoms with Crippen molar-refractivity contribution in [1.29, 1.82) is 0 Å². The highest BCUT2D eigenvalue weighted by molar-refractivity contribution is 7.18. The van der Waals surface area contributed by atoms with Gasteiger partial charge in [0, 0.05) is 24.8 Å². The highest BCUT2D eigenvalue weighted by atomic mass is 32.1. The van der Waals surface area contributed by atoms with Crippen LogP contribution < -0.4 is 5.43 Å². The van der Waals surface area contributed by atoms with E-state index in [2.05, 4.69) is 14.9 Å². The van der Waals surface area contributed by atoms with E-state index in [1.807, 2.05) is 0 Å². The number of pyridine rings is 1. The van der Waals surface area contributed by atoms with Crippen LogP contribution in [0.2, 0.25) is 0 Å². The average Bonchev–Trinajstić information content (AvgIpc) is 2.79. The van der Waals surface area contributed by atoms with Crippen LogP contribution in [0.4, 0.5) is 0 Å². The number of thiazole rings is 1. The minimum atomic E-state index is 0.0354. The molecule has 0 aromatic carbocycles. The van der Waals surface area contributed by atoms with Gasteiger partial charge in [-0.2, -0.15) is 0 Å². The third-order valence-electron chi connectivity index (χ3n) is 3.13. The second kappa shape index (κ2) is 4.79. The number of aryl methyl sites for hydroxylation is 1. The maximum atomic E-state index is 11.9. The molecule has 3 heterocycles. The molecule has 0 spiro atoms. The van der Waals surface area contributed by atoms with E-state index >= 15 is 0 Å². The lowest BCUT2D eigenvalue weighted by atomic mass is 10.3. The Bertz CT molecular complexity index is 613. The zero-order valence-electron chi connectivity index (χ0n) is 10.2. The Morgan fingerprint density at radius 2 is 2.28 bits per heavy atom. The minimum absolute atomic E-state index is 0.0354. The van der Waals surface area contributed by atoms with Crippen LogP contribution in [-0.2, 0) is 11.3 Å². The molecule has 0 aliphatic carbocycles. The Balaban J connectivity index is 1.89. The van der Waals surface area contributed by atoms with E-state index in [1.54, 1.807) is 24.5 Å². The topological polar surface area (TPSA) is 58.2 Å². The summed E-state index contributed by atoms with van der Waals surface area (Å²) in [6, 6.07) is 0. The molecule has 3 rings (SSSR count). The first kappa shape index (κ1) is 11.8. The van der Waals surface area contributed by atoms with E-state index in [1.165, 1.54) is 0 Å². The molecule has 0 radical (unpaired) electrons. The van der Waals surface area contributed by atoms with E-state index in [4.69, 9.17) is 4.74 Å². The molecular formula is C12H15N3O2S. The van der Waals surface area contributed by atoms with Gasteiger partial charge in [0.05, 0.1) is 19.8 Å². The van der Waals surface area contributed by atoms with Crippen LogP contribution in [0.3, 0.4) is 0 Å². The molecule has 96 valence electrons. The SMILES string of the molecule is Cc1c[nH]c2sc(CN3CCOCC3)nc2c1=O. The van der Waals surface area contributed by atoms with Gasteiger partial charge >= 0.3 is 0 Å². The number of fused-ring (bicyclic) bond motifs is 1. The Morgan fingerprint density at radius 1 is 1.50 bits per heavy atom. The molecule has 1 N–H and O–H groups in total. The lowest BCUT2D eigenvalue weighted by Gasteiger charge is -2.25. The van der Waals surface area contributed by atoms with Crippen molar-refractivity contribution in [3.63, 3.8) is 0 Å². The summed E-state index contributed by atoms with van der Waals surface area (Å²) in [5.41, 5.74) is 1.32. The molecule has 5 nitrogen and oxygen atoms in total. The van der Waals surface area contributed by atoms with Gasteiger partial charge < -0.3 is 9.72 Å². The summed E-state index contributed by atoms with van der Waals surface area (Å²) in [6.45, 7) is 6.03. The first-order valence-corrected chi connectivity index (χ1v) is 6.83. The van der Waals surface area contributed by atoms with Crippen LogP contribution in [-0.4, -0.2) is 41.2 Å². The van der Waals surface area contributed by atoms with Crippen molar-refractivity contribution in [3.05, 3.63) is 27.0 Å². The molecule has 0 unspecified atom stereocenters. The third kappa shape index (κ3) is 2.19. The highest BCUT2D eigenvalue weighted by Crippen LogP contribution is 2.19. The Hall–Kier alpha value is -1.24. The van der Waals surface area contributed by atoms with Crippen LogP contribution in [0.25, 0.3) is 10.3 Å². The van der Waals surface area contributed by atoms with Crippen molar-refractivity contribution in [1.82, 2.24) is 14.9 Å². The van der Waals surface area contributed by atoms with Crippen molar-refractivity contribution in [3.8, 4) is 0 Å². The monoisotopic (exact) mass is 265 g/mol. The standard InChI is InChI=1S/C12H15N3O2S/c1-8-6-13-12-10(11(8)16)14-9(18-12)7-15-2-4-17-5-3-15/h6H,2-5,7H2,1H3,(H,13,16). The lowest BCUT2D eigenvalue weighted by molar-refractivity contribution is 0.0342. The van der Waals surface area contributed by atoms with Crippen molar-refractivity contribution in [2.24, 2.45) is 0 Å². The minimum Gasteiger partial charge on any atom is -0.379 e. The van der Waals surface area contributed by atoms with Gasteiger partial charge in [-0.05, 0) is 6.92 Å². The fourth-order valence-corrected chi connectivity index (χ4v) is 3.03. The molecule has 1 fully saturated rings. The maximum Gasteiger partial charge on any atom is 0.211 e. The van der Waals surface area contributed by atoms with Gasteiger partial charge in [0.15, 0.2) is 0 Å². The summed E-state index contributed by atoms with van der Waals surface area (Å²) in [5, 5.41) is 0.992. The molecule has 0 saturated carbocycles. The van der Waals surface area contributed by atoms with Crippen molar-refractivity contribution >= 4 is 21.7 Å². The number of hydrogen-bond donors (Lipinski definition) is 1. The number of aromatic nitrogens is 2. The number of ether oxygens (including phenoxy) is 1. The molecule has 1 saturated heterocycles. The lowest BCUT2D eigenvalue weighted by Crippen LogP contribution is -2.35. The number of nitrogens with zero attached hydrogens (tertiary/aromatic N) is 2. The van der Waals surface area contributed by atoms with Crippen molar-refractivity contribution in [2.45, 2.75) is 13.5 Å². The zero-order valence-corrected chi connectivity index (χ0v) is 11.0. The molecular weight excluding hydrogens is 250 g/mol. The summed E-state index contributed by atoms with van der Waals surface area (Å²) in [5.74, 6) is 0.